The minimum Gasteiger partial charge on any atom is -0.508 e. The lowest BCUT2D eigenvalue weighted by molar-refractivity contribution is -0.142. The smallest absolute Gasteiger partial charge is 0.373 e. The molecule has 0 fully saturated rings. The average Bonchev–Trinajstić information content (AvgIpc) is 2.38. The lowest BCUT2D eigenvalue weighted by Gasteiger charge is -2.08. The zero-order valence-electron chi connectivity index (χ0n) is 10.7. The van der Waals surface area contributed by atoms with Gasteiger partial charge in [-0.05, 0) is 37.1 Å². The number of benzene rings is 1. The fourth-order valence-corrected chi connectivity index (χ4v) is 1.30. The second-order valence-corrected chi connectivity index (χ2v) is 3.67. The molecule has 98 valence electrons. The van der Waals surface area contributed by atoms with Gasteiger partial charge in [-0.3, -0.25) is 0 Å². The van der Waals surface area contributed by atoms with Gasteiger partial charge >= 0.3 is 5.97 Å². The largest absolute Gasteiger partial charge is 0.508 e. The molecular weight excluding hydrogens is 232 g/mol. The number of ether oxygens (including phenoxy) is 2. The van der Waals surface area contributed by atoms with Gasteiger partial charge in [-0.25, -0.2) is 4.79 Å². The molecule has 0 aliphatic rings. The van der Waals surface area contributed by atoms with E-state index in [4.69, 9.17) is 9.47 Å². The van der Waals surface area contributed by atoms with Gasteiger partial charge in [0.25, 0.3) is 0 Å². The lowest BCUT2D eigenvalue weighted by Crippen LogP contribution is -2.11. The van der Waals surface area contributed by atoms with Gasteiger partial charge in [0.2, 0.25) is 5.76 Å². The van der Waals surface area contributed by atoms with Crippen molar-refractivity contribution in [3.63, 3.8) is 0 Å². The molecule has 1 rings (SSSR count). The van der Waals surface area contributed by atoms with Crippen LogP contribution in [0.15, 0.2) is 30.0 Å². The molecule has 0 aliphatic heterocycles. The van der Waals surface area contributed by atoms with E-state index in [2.05, 4.69) is 0 Å². The van der Waals surface area contributed by atoms with Gasteiger partial charge in [-0.15, -0.1) is 0 Å². The molecule has 18 heavy (non-hydrogen) atoms. The fraction of sp³-hybridized carbons (Fsp3) is 0.357. The molecular formula is C14H18O4. The normalized spacial score (nSPS) is 11.1. The van der Waals surface area contributed by atoms with Crippen molar-refractivity contribution < 1.29 is 19.4 Å². The Hall–Kier alpha value is -1.97. The van der Waals surface area contributed by atoms with Crippen molar-refractivity contribution in [1.82, 2.24) is 0 Å². The molecule has 0 heterocycles. The number of esters is 1. The Morgan fingerprint density at radius 1 is 1.22 bits per heavy atom. The average molecular weight is 250 g/mol. The summed E-state index contributed by atoms with van der Waals surface area (Å²) in [5.74, 6) is -0.109. The van der Waals surface area contributed by atoms with Crippen molar-refractivity contribution in [3.05, 3.63) is 35.6 Å². The summed E-state index contributed by atoms with van der Waals surface area (Å²) in [6, 6.07) is 6.49. The number of hydrogen-bond donors (Lipinski definition) is 1. The van der Waals surface area contributed by atoms with Crippen LogP contribution in [0, 0.1) is 0 Å². The van der Waals surface area contributed by atoms with Crippen LogP contribution >= 0.6 is 0 Å². The summed E-state index contributed by atoms with van der Waals surface area (Å²) in [6.45, 7) is 4.50. The maximum atomic E-state index is 11.7. The Morgan fingerprint density at radius 2 is 1.89 bits per heavy atom. The summed E-state index contributed by atoms with van der Waals surface area (Å²) in [5.41, 5.74) is 0.768. The standard InChI is InChI=1S/C14H18O4/c1-3-9-18-14(16)13(17-4-2)10-11-5-7-12(15)8-6-11/h5-8,10,15H,3-4,9H2,1-2H3/b13-10-. The fourth-order valence-electron chi connectivity index (χ4n) is 1.30. The molecule has 0 aromatic heterocycles. The molecule has 4 heteroatoms. The first-order chi connectivity index (χ1) is 8.67. The zero-order chi connectivity index (χ0) is 13.4. The van der Waals surface area contributed by atoms with Crippen molar-refractivity contribution >= 4 is 12.0 Å². The van der Waals surface area contributed by atoms with Crippen LogP contribution in [0.25, 0.3) is 6.08 Å². The van der Waals surface area contributed by atoms with Crippen molar-refractivity contribution in [3.8, 4) is 5.75 Å². The van der Waals surface area contributed by atoms with Gasteiger partial charge in [0.05, 0.1) is 13.2 Å². The van der Waals surface area contributed by atoms with E-state index in [0.29, 0.717) is 13.2 Å². The Labute approximate surface area is 107 Å². The molecule has 4 nitrogen and oxygen atoms in total. The highest BCUT2D eigenvalue weighted by molar-refractivity contribution is 5.91. The van der Waals surface area contributed by atoms with Gasteiger partial charge in [0, 0.05) is 0 Å². The topological polar surface area (TPSA) is 55.8 Å². The highest BCUT2D eigenvalue weighted by Gasteiger charge is 2.11. The molecule has 0 saturated carbocycles. The number of carbonyl (C=O) groups is 1. The van der Waals surface area contributed by atoms with Crippen LogP contribution in [-0.4, -0.2) is 24.3 Å². The van der Waals surface area contributed by atoms with Gasteiger partial charge < -0.3 is 14.6 Å². The highest BCUT2D eigenvalue weighted by Crippen LogP contribution is 2.14. The van der Waals surface area contributed by atoms with Crippen LogP contribution in [0.3, 0.4) is 0 Å². The minimum atomic E-state index is -0.466. The second-order valence-electron chi connectivity index (χ2n) is 3.67. The molecule has 0 saturated heterocycles. The summed E-state index contributed by atoms with van der Waals surface area (Å²) < 4.78 is 10.3. The molecule has 0 aliphatic carbocycles. The van der Waals surface area contributed by atoms with Crippen molar-refractivity contribution in [2.75, 3.05) is 13.2 Å². The van der Waals surface area contributed by atoms with E-state index in [0.717, 1.165) is 12.0 Å². The zero-order valence-corrected chi connectivity index (χ0v) is 10.7. The molecule has 1 N–H and O–H groups in total. The third-order valence-electron chi connectivity index (χ3n) is 2.13. The third-order valence-corrected chi connectivity index (χ3v) is 2.13. The predicted molar refractivity (Wildman–Crippen MR) is 69.0 cm³/mol. The number of carbonyl (C=O) groups excluding carboxylic acids is 1. The SMILES string of the molecule is CCCOC(=O)/C(=C/c1ccc(O)cc1)OCC. The Balaban J connectivity index is 2.82. The first-order valence-corrected chi connectivity index (χ1v) is 5.98. The van der Waals surface area contributed by atoms with Crippen LogP contribution in [0.1, 0.15) is 25.8 Å². The van der Waals surface area contributed by atoms with Crippen LogP contribution in [0.4, 0.5) is 0 Å². The Kier molecular flexibility index (Phi) is 5.77. The number of hydrogen-bond acceptors (Lipinski definition) is 4. The van der Waals surface area contributed by atoms with E-state index in [9.17, 15) is 9.90 Å². The Bertz CT molecular complexity index is 406. The molecule has 1 aromatic rings. The van der Waals surface area contributed by atoms with Crippen molar-refractivity contribution in [1.29, 1.82) is 0 Å². The first kappa shape index (κ1) is 14.1. The van der Waals surface area contributed by atoms with E-state index in [1.54, 1.807) is 37.3 Å². The van der Waals surface area contributed by atoms with Crippen LogP contribution in [-0.2, 0) is 14.3 Å². The van der Waals surface area contributed by atoms with E-state index < -0.39 is 5.97 Å². The molecule has 0 amide bonds. The summed E-state index contributed by atoms with van der Waals surface area (Å²) >= 11 is 0. The van der Waals surface area contributed by atoms with Crippen molar-refractivity contribution in [2.24, 2.45) is 0 Å². The summed E-state index contributed by atoms with van der Waals surface area (Å²) in [4.78, 5) is 11.7. The van der Waals surface area contributed by atoms with E-state index in [1.165, 1.54) is 0 Å². The number of phenolic OH excluding ortho intramolecular Hbond substituents is 1. The highest BCUT2D eigenvalue weighted by atomic mass is 16.6. The van der Waals surface area contributed by atoms with Crippen LogP contribution in [0.2, 0.25) is 0 Å². The monoisotopic (exact) mass is 250 g/mol. The Morgan fingerprint density at radius 3 is 2.44 bits per heavy atom. The molecule has 0 atom stereocenters. The van der Waals surface area contributed by atoms with Crippen molar-refractivity contribution in [2.45, 2.75) is 20.3 Å². The van der Waals surface area contributed by atoms with E-state index in [1.807, 2.05) is 6.92 Å². The molecule has 1 aromatic carbocycles. The number of rotatable bonds is 6. The van der Waals surface area contributed by atoms with Gasteiger partial charge in [0.15, 0.2) is 0 Å². The van der Waals surface area contributed by atoms with Gasteiger partial charge in [-0.2, -0.15) is 0 Å². The number of phenols is 1. The first-order valence-electron chi connectivity index (χ1n) is 5.98. The minimum absolute atomic E-state index is 0.177. The second kappa shape index (κ2) is 7.37. The molecule has 0 bridgehead atoms. The van der Waals surface area contributed by atoms with E-state index >= 15 is 0 Å². The summed E-state index contributed by atoms with van der Waals surface area (Å²) in [7, 11) is 0. The molecule has 0 unspecified atom stereocenters. The molecule has 0 spiro atoms. The van der Waals surface area contributed by atoms with Crippen LogP contribution < -0.4 is 0 Å². The number of aromatic hydroxyl groups is 1. The molecule has 0 radical (unpaired) electrons. The van der Waals surface area contributed by atoms with Crippen LogP contribution in [0.5, 0.6) is 5.75 Å². The van der Waals surface area contributed by atoms with Gasteiger partial charge in [-0.1, -0.05) is 19.1 Å². The maximum absolute atomic E-state index is 11.7. The predicted octanol–water partition coefficient (Wildman–Crippen LogP) is 2.72. The summed E-state index contributed by atoms with van der Waals surface area (Å²) in [5, 5.41) is 9.18. The van der Waals surface area contributed by atoms with Gasteiger partial charge in [0.1, 0.15) is 5.75 Å². The quantitative estimate of drug-likeness (QED) is 0.479. The summed E-state index contributed by atoms with van der Waals surface area (Å²) in [6.07, 6.45) is 2.37. The third kappa shape index (κ3) is 4.49. The maximum Gasteiger partial charge on any atom is 0.373 e. The lowest BCUT2D eigenvalue weighted by atomic mass is 10.2. The van der Waals surface area contributed by atoms with E-state index in [-0.39, 0.29) is 11.5 Å².